The van der Waals surface area contributed by atoms with Crippen molar-refractivity contribution in [1.29, 1.82) is 0 Å². The summed E-state index contributed by atoms with van der Waals surface area (Å²) < 4.78 is 13.1. The summed E-state index contributed by atoms with van der Waals surface area (Å²) in [6.45, 7) is 4.04. The van der Waals surface area contributed by atoms with Crippen LogP contribution in [0.25, 0.3) is 10.9 Å². The quantitative estimate of drug-likeness (QED) is 0.578. The minimum Gasteiger partial charge on any atom is -0.493 e. The van der Waals surface area contributed by atoms with Crippen LogP contribution in [0, 0.1) is 11.8 Å². The van der Waals surface area contributed by atoms with Crippen LogP contribution in [0.4, 0.5) is 0 Å². The van der Waals surface area contributed by atoms with Gasteiger partial charge in [0.25, 0.3) is 0 Å². The molecule has 0 bridgehead atoms. The second-order valence-electron chi connectivity index (χ2n) is 8.91. The highest BCUT2D eigenvalue weighted by atomic mass is 16.5. The first-order valence-corrected chi connectivity index (χ1v) is 11.2. The van der Waals surface area contributed by atoms with E-state index in [0.29, 0.717) is 23.2 Å². The Morgan fingerprint density at radius 1 is 0.968 bits per heavy atom. The van der Waals surface area contributed by atoms with Crippen LogP contribution in [0.5, 0.6) is 11.5 Å². The Morgan fingerprint density at radius 2 is 1.68 bits per heavy atom. The van der Waals surface area contributed by atoms with E-state index in [1.165, 1.54) is 18.4 Å². The van der Waals surface area contributed by atoms with Gasteiger partial charge < -0.3 is 14.0 Å². The zero-order chi connectivity index (χ0) is 21.4. The van der Waals surface area contributed by atoms with Gasteiger partial charge in [0.2, 0.25) is 0 Å². The van der Waals surface area contributed by atoms with Crippen LogP contribution >= 0.6 is 0 Å². The number of aromatic nitrogens is 1. The lowest BCUT2D eigenvalue weighted by atomic mass is 9.85. The maximum atomic E-state index is 13.2. The smallest absolute Gasteiger partial charge is 0.184 e. The lowest BCUT2D eigenvalue weighted by Crippen LogP contribution is -2.34. The normalized spacial score (nSPS) is 19.7. The second kappa shape index (κ2) is 8.39. The van der Waals surface area contributed by atoms with Gasteiger partial charge in [-0.2, -0.15) is 0 Å². The average molecular weight is 419 g/mol. The highest BCUT2D eigenvalue weighted by molar-refractivity contribution is 6.04. The van der Waals surface area contributed by atoms with Gasteiger partial charge in [0.15, 0.2) is 17.3 Å². The third-order valence-electron chi connectivity index (χ3n) is 7.01. The van der Waals surface area contributed by atoms with Crippen molar-refractivity contribution in [3.05, 3.63) is 59.8 Å². The van der Waals surface area contributed by atoms with Gasteiger partial charge in [-0.05, 0) is 56.0 Å². The number of rotatable bonds is 6. The monoisotopic (exact) mass is 418 g/mol. The predicted octanol–water partition coefficient (Wildman–Crippen LogP) is 4.77. The van der Waals surface area contributed by atoms with Crippen LogP contribution in [0.2, 0.25) is 0 Å². The maximum absolute atomic E-state index is 13.2. The molecule has 0 spiro atoms. The first kappa shape index (κ1) is 20.1. The highest BCUT2D eigenvalue weighted by Crippen LogP contribution is 2.38. The van der Waals surface area contributed by atoms with E-state index >= 15 is 0 Å². The Kier molecular flexibility index (Phi) is 5.45. The first-order chi connectivity index (χ1) is 15.2. The predicted molar refractivity (Wildman–Crippen MR) is 122 cm³/mol. The number of carbonyl (C=O) groups excluding carboxylic acids is 1. The Hall–Kier alpha value is -2.79. The number of ketones is 1. The Bertz CT molecular complexity index is 1080. The fourth-order valence-corrected chi connectivity index (χ4v) is 5.31. The molecule has 0 aliphatic carbocycles. The average Bonchev–Trinajstić information content (AvgIpc) is 3.30. The van der Waals surface area contributed by atoms with Gasteiger partial charge >= 0.3 is 0 Å². The van der Waals surface area contributed by atoms with E-state index in [9.17, 15) is 4.79 Å². The Labute approximate surface area is 183 Å². The largest absolute Gasteiger partial charge is 0.493 e. The number of hydrogen-bond acceptors (Lipinski definition) is 4. The van der Waals surface area contributed by atoms with Crippen molar-refractivity contribution < 1.29 is 14.3 Å². The molecule has 0 saturated carbocycles. The van der Waals surface area contributed by atoms with E-state index in [1.54, 1.807) is 14.2 Å². The molecule has 0 N–H and O–H groups in total. The second-order valence-corrected chi connectivity index (χ2v) is 8.91. The van der Waals surface area contributed by atoms with E-state index in [0.717, 1.165) is 49.2 Å². The molecule has 2 aromatic carbocycles. The van der Waals surface area contributed by atoms with Gasteiger partial charge in [0.1, 0.15) is 0 Å². The molecule has 31 heavy (non-hydrogen) atoms. The molecular formula is C26H30N2O3. The van der Waals surface area contributed by atoms with E-state index < -0.39 is 0 Å². The van der Waals surface area contributed by atoms with Crippen molar-refractivity contribution in [2.45, 2.75) is 32.4 Å². The van der Waals surface area contributed by atoms with Crippen molar-refractivity contribution in [2.75, 3.05) is 27.3 Å². The van der Waals surface area contributed by atoms with Gasteiger partial charge in [-0.3, -0.25) is 9.69 Å². The van der Waals surface area contributed by atoms with E-state index in [-0.39, 0.29) is 5.92 Å². The van der Waals surface area contributed by atoms with Crippen LogP contribution in [-0.2, 0) is 13.1 Å². The number of benzene rings is 2. The molecule has 3 heterocycles. The first-order valence-electron chi connectivity index (χ1n) is 11.2. The summed E-state index contributed by atoms with van der Waals surface area (Å²) in [6, 6.07) is 16.7. The zero-order valence-electron chi connectivity index (χ0n) is 18.3. The summed E-state index contributed by atoms with van der Waals surface area (Å²) in [5, 5.41) is 1.04. The molecule has 2 aliphatic rings. The van der Waals surface area contributed by atoms with Crippen molar-refractivity contribution in [2.24, 2.45) is 11.8 Å². The molecule has 1 fully saturated rings. The molecular weight excluding hydrogens is 388 g/mol. The standard InChI is InChI=1S/C26H30N2O3/c1-30-24-14-20-13-23-26(29)21(17-28(23)22(20)15-25(24)31-2)12-18-8-10-27(11-9-18)16-19-6-4-3-5-7-19/h3-7,13-15,18,21H,8-12,16-17H2,1-2H3. The number of ether oxygens (including phenoxy) is 2. The molecule has 2 aliphatic heterocycles. The number of piperidine rings is 1. The maximum Gasteiger partial charge on any atom is 0.184 e. The summed E-state index contributed by atoms with van der Waals surface area (Å²) in [7, 11) is 3.29. The summed E-state index contributed by atoms with van der Waals surface area (Å²) in [5.41, 5.74) is 3.27. The molecule has 0 amide bonds. The minimum atomic E-state index is 0.0955. The molecule has 5 rings (SSSR count). The van der Waals surface area contributed by atoms with Crippen molar-refractivity contribution >= 4 is 16.7 Å². The molecule has 1 unspecified atom stereocenters. The number of hydrogen-bond donors (Lipinski definition) is 0. The fourth-order valence-electron chi connectivity index (χ4n) is 5.31. The fraction of sp³-hybridized carbons (Fsp3) is 0.423. The van der Waals surface area contributed by atoms with Gasteiger partial charge in [0.05, 0.1) is 25.4 Å². The van der Waals surface area contributed by atoms with Crippen molar-refractivity contribution in [1.82, 2.24) is 9.47 Å². The lowest BCUT2D eigenvalue weighted by molar-refractivity contribution is 0.0894. The van der Waals surface area contributed by atoms with Crippen molar-refractivity contribution in [3.8, 4) is 11.5 Å². The number of Topliss-reactive ketones (excluding diaryl/α,β-unsaturated/α-hetero) is 1. The van der Waals surface area contributed by atoms with E-state index in [2.05, 4.69) is 39.8 Å². The zero-order valence-corrected chi connectivity index (χ0v) is 18.3. The number of methoxy groups -OCH3 is 2. The number of fused-ring (bicyclic) bond motifs is 3. The molecule has 0 radical (unpaired) electrons. The van der Waals surface area contributed by atoms with E-state index in [1.807, 2.05) is 18.2 Å². The van der Waals surface area contributed by atoms with Crippen molar-refractivity contribution in [3.63, 3.8) is 0 Å². The molecule has 5 nitrogen and oxygen atoms in total. The van der Waals surface area contributed by atoms with Crippen LogP contribution in [-0.4, -0.2) is 42.6 Å². The SMILES string of the molecule is COc1cc2cc3n(c2cc1OC)CC(CC1CCN(Cc2ccccc2)CC1)C3=O. The van der Waals surface area contributed by atoms with Gasteiger partial charge in [-0.25, -0.2) is 0 Å². The number of carbonyl (C=O) groups is 1. The summed E-state index contributed by atoms with van der Waals surface area (Å²) in [5.74, 6) is 2.42. The molecule has 162 valence electrons. The van der Waals surface area contributed by atoms with Gasteiger partial charge in [0, 0.05) is 30.5 Å². The third kappa shape index (κ3) is 3.83. The third-order valence-corrected chi connectivity index (χ3v) is 7.01. The van der Waals surface area contributed by atoms with E-state index in [4.69, 9.17) is 9.47 Å². The Balaban J connectivity index is 1.23. The van der Waals surface area contributed by atoms with Crippen LogP contribution in [0.1, 0.15) is 35.3 Å². The molecule has 1 atom stereocenters. The van der Waals surface area contributed by atoms with Gasteiger partial charge in [-0.1, -0.05) is 30.3 Å². The lowest BCUT2D eigenvalue weighted by Gasteiger charge is -2.32. The highest BCUT2D eigenvalue weighted by Gasteiger charge is 2.35. The molecule has 3 aromatic rings. The molecule has 1 aromatic heterocycles. The topological polar surface area (TPSA) is 43.7 Å². The van der Waals surface area contributed by atoms with Crippen LogP contribution in [0.3, 0.4) is 0 Å². The summed E-state index contributed by atoms with van der Waals surface area (Å²) in [4.78, 5) is 15.7. The molecule has 5 heteroatoms. The minimum absolute atomic E-state index is 0.0955. The van der Waals surface area contributed by atoms with Crippen LogP contribution in [0.15, 0.2) is 48.5 Å². The molecule has 1 saturated heterocycles. The summed E-state index contributed by atoms with van der Waals surface area (Å²) in [6.07, 6.45) is 3.35. The van der Waals surface area contributed by atoms with Gasteiger partial charge in [-0.15, -0.1) is 0 Å². The summed E-state index contributed by atoms with van der Waals surface area (Å²) >= 11 is 0. The number of likely N-dealkylation sites (tertiary alicyclic amines) is 1. The Morgan fingerprint density at radius 3 is 2.39 bits per heavy atom. The van der Waals surface area contributed by atoms with Crippen LogP contribution < -0.4 is 9.47 Å². The number of nitrogens with zero attached hydrogens (tertiary/aromatic N) is 2.